The lowest BCUT2D eigenvalue weighted by atomic mass is 10.0. The van der Waals surface area contributed by atoms with E-state index in [9.17, 15) is 19.0 Å². The SMILES string of the molecule is CCCCCC/C=C/CCCCCCCCCC(=O)O[C@H](COC(=O)CCCCCCCCCCCCCCC)COP(=O)(O)OCCN. The highest BCUT2D eigenvalue weighted by molar-refractivity contribution is 7.47. The van der Waals surface area contributed by atoms with E-state index in [-0.39, 0.29) is 38.6 Å². The number of allylic oxidation sites excluding steroid dienone is 2. The van der Waals surface area contributed by atoms with E-state index in [2.05, 4.69) is 26.0 Å². The largest absolute Gasteiger partial charge is 0.472 e. The molecule has 0 aliphatic rings. The van der Waals surface area contributed by atoms with Gasteiger partial charge in [0.05, 0.1) is 13.2 Å². The summed E-state index contributed by atoms with van der Waals surface area (Å²) in [4.78, 5) is 34.7. The van der Waals surface area contributed by atoms with Crippen LogP contribution in [-0.4, -0.2) is 49.3 Å². The van der Waals surface area contributed by atoms with E-state index in [1.807, 2.05) is 0 Å². The molecule has 2 atom stereocenters. The number of ether oxygens (including phenoxy) is 2. The van der Waals surface area contributed by atoms with E-state index in [4.69, 9.17) is 24.3 Å². The van der Waals surface area contributed by atoms with Gasteiger partial charge in [-0.2, -0.15) is 0 Å². The third kappa shape index (κ3) is 36.3. The number of nitrogens with two attached hydrogens (primary N) is 1. The number of hydrogen-bond acceptors (Lipinski definition) is 8. The Morgan fingerprint density at radius 1 is 0.592 bits per heavy atom. The van der Waals surface area contributed by atoms with Crippen molar-refractivity contribution >= 4 is 19.8 Å². The normalized spacial score (nSPS) is 13.5. The van der Waals surface area contributed by atoms with Gasteiger partial charge in [-0.05, 0) is 38.5 Å². The van der Waals surface area contributed by atoms with Gasteiger partial charge in [-0.3, -0.25) is 18.6 Å². The number of phosphoric acid groups is 1. The van der Waals surface area contributed by atoms with Gasteiger partial charge >= 0.3 is 19.8 Å². The molecular weight excluding hydrogens is 641 g/mol. The van der Waals surface area contributed by atoms with Crippen LogP contribution < -0.4 is 5.73 Å². The number of esters is 2. The van der Waals surface area contributed by atoms with Crippen molar-refractivity contribution in [2.24, 2.45) is 5.73 Å². The van der Waals surface area contributed by atoms with Crippen LogP contribution in [0.2, 0.25) is 0 Å². The fourth-order valence-electron chi connectivity index (χ4n) is 5.63. The first-order chi connectivity index (χ1) is 23.8. The fraction of sp³-hybridized carbons (Fsp3) is 0.897. The molecular formula is C39H76NO8P. The highest BCUT2D eigenvalue weighted by atomic mass is 31.2. The van der Waals surface area contributed by atoms with Gasteiger partial charge in [0.1, 0.15) is 6.61 Å². The van der Waals surface area contributed by atoms with Crippen LogP contribution in [0.4, 0.5) is 0 Å². The molecule has 9 nitrogen and oxygen atoms in total. The molecule has 1 unspecified atom stereocenters. The van der Waals surface area contributed by atoms with Crippen molar-refractivity contribution in [2.45, 2.75) is 200 Å². The smallest absolute Gasteiger partial charge is 0.462 e. The summed E-state index contributed by atoms with van der Waals surface area (Å²) in [5.41, 5.74) is 5.33. The predicted octanol–water partition coefficient (Wildman–Crippen LogP) is 11.1. The van der Waals surface area contributed by atoms with Crippen LogP contribution in [0.5, 0.6) is 0 Å². The molecule has 0 aromatic heterocycles. The van der Waals surface area contributed by atoms with Gasteiger partial charge in [-0.15, -0.1) is 0 Å². The number of unbranched alkanes of at least 4 members (excludes halogenated alkanes) is 23. The van der Waals surface area contributed by atoms with Crippen LogP contribution in [0.1, 0.15) is 194 Å². The first kappa shape index (κ1) is 47.8. The van der Waals surface area contributed by atoms with E-state index in [0.717, 1.165) is 44.9 Å². The lowest BCUT2D eigenvalue weighted by Crippen LogP contribution is -2.29. The average molecular weight is 718 g/mol. The Morgan fingerprint density at radius 3 is 1.47 bits per heavy atom. The molecule has 0 aliphatic carbocycles. The van der Waals surface area contributed by atoms with Crippen molar-refractivity contribution in [1.29, 1.82) is 0 Å². The fourth-order valence-corrected chi connectivity index (χ4v) is 6.39. The van der Waals surface area contributed by atoms with Crippen LogP contribution >= 0.6 is 7.82 Å². The second-order valence-electron chi connectivity index (χ2n) is 13.5. The van der Waals surface area contributed by atoms with Crippen molar-refractivity contribution in [3.63, 3.8) is 0 Å². The highest BCUT2D eigenvalue weighted by Crippen LogP contribution is 2.43. The number of carbonyl (C=O) groups is 2. The van der Waals surface area contributed by atoms with Gasteiger partial charge in [0, 0.05) is 19.4 Å². The molecule has 0 radical (unpaired) electrons. The third-order valence-electron chi connectivity index (χ3n) is 8.65. The number of carbonyl (C=O) groups excluding carboxylic acids is 2. The molecule has 49 heavy (non-hydrogen) atoms. The van der Waals surface area contributed by atoms with Crippen LogP contribution in [-0.2, 0) is 32.7 Å². The van der Waals surface area contributed by atoms with Crippen LogP contribution in [0.25, 0.3) is 0 Å². The number of phosphoric ester groups is 1. The van der Waals surface area contributed by atoms with Gasteiger partial charge in [-0.1, -0.05) is 154 Å². The summed E-state index contributed by atoms with van der Waals surface area (Å²) in [7, 11) is -4.37. The van der Waals surface area contributed by atoms with E-state index in [1.165, 1.54) is 116 Å². The lowest BCUT2D eigenvalue weighted by Gasteiger charge is -2.19. The summed E-state index contributed by atoms with van der Waals surface area (Å²) in [5.74, 6) is -0.826. The summed E-state index contributed by atoms with van der Waals surface area (Å²) in [5, 5.41) is 0. The van der Waals surface area contributed by atoms with E-state index >= 15 is 0 Å². The minimum absolute atomic E-state index is 0.0553. The van der Waals surface area contributed by atoms with Crippen molar-refractivity contribution in [2.75, 3.05) is 26.4 Å². The van der Waals surface area contributed by atoms with Crippen LogP contribution in [0.15, 0.2) is 12.2 Å². The minimum Gasteiger partial charge on any atom is -0.462 e. The molecule has 0 heterocycles. The number of rotatable bonds is 38. The van der Waals surface area contributed by atoms with Gasteiger partial charge in [0.25, 0.3) is 0 Å². The summed E-state index contributed by atoms with van der Waals surface area (Å²) in [6.45, 7) is 3.72. The molecule has 3 N–H and O–H groups in total. The molecule has 0 fully saturated rings. The Hall–Kier alpha value is -1.25. The first-order valence-electron chi connectivity index (χ1n) is 20.2. The Kier molecular flexibility index (Phi) is 35.6. The Morgan fingerprint density at radius 2 is 1.00 bits per heavy atom. The Balaban J connectivity index is 4.18. The molecule has 10 heteroatoms. The summed E-state index contributed by atoms with van der Waals surface area (Å²) in [6.07, 6.45) is 35.2. The third-order valence-corrected chi connectivity index (χ3v) is 9.64. The topological polar surface area (TPSA) is 134 Å². The van der Waals surface area contributed by atoms with Crippen molar-refractivity contribution in [1.82, 2.24) is 0 Å². The van der Waals surface area contributed by atoms with Crippen LogP contribution in [0.3, 0.4) is 0 Å². The molecule has 0 rings (SSSR count). The van der Waals surface area contributed by atoms with E-state index in [0.29, 0.717) is 6.42 Å². The molecule has 0 amide bonds. The zero-order valence-electron chi connectivity index (χ0n) is 31.7. The van der Waals surface area contributed by atoms with Gasteiger partial charge in [0.15, 0.2) is 6.10 Å². The van der Waals surface area contributed by atoms with E-state index in [1.54, 1.807) is 0 Å². The molecule has 0 spiro atoms. The van der Waals surface area contributed by atoms with Crippen molar-refractivity contribution in [3.05, 3.63) is 12.2 Å². The van der Waals surface area contributed by atoms with Gasteiger partial charge < -0.3 is 20.1 Å². The molecule has 0 aliphatic heterocycles. The number of hydrogen-bond donors (Lipinski definition) is 2. The molecule has 0 saturated carbocycles. The zero-order chi connectivity index (χ0) is 36.1. The molecule has 290 valence electrons. The average Bonchev–Trinajstić information content (AvgIpc) is 3.08. The highest BCUT2D eigenvalue weighted by Gasteiger charge is 2.26. The maximum absolute atomic E-state index is 12.5. The minimum atomic E-state index is -4.37. The van der Waals surface area contributed by atoms with Crippen molar-refractivity contribution < 1.29 is 37.6 Å². The summed E-state index contributed by atoms with van der Waals surface area (Å²) >= 11 is 0. The van der Waals surface area contributed by atoms with Gasteiger partial charge in [-0.25, -0.2) is 4.57 Å². The lowest BCUT2D eigenvalue weighted by molar-refractivity contribution is -0.161. The Bertz CT molecular complexity index is 825. The standard InChI is InChI=1S/C39H76NO8P/c1-3-5-7-9-11-13-15-17-18-20-22-24-26-28-30-32-39(42)48-37(36-47-49(43,44)46-34-33-40)35-45-38(41)31-29-27-25-23-21-19-16-14-12-10-8-6-4-2/h13,15,37H,3-12,14,16-36,40H2,1-2H3,(H,43,44)/b15-13+/t37-/m1/s1. The molecule has 0 aromatic rings. The zero-order valence-corrected chi connectivity index (χ0v) is 32.6. The second kappa shape index (κ2) is 36.5. The molecule has 0 saturated heterocycles. The monoisotopic (exact) mass is 718 g/mol. The maximum atomic E-state index is 12.5. The molecule has 0 aromatic carbocycles. The summed E-state index contributed by atoms with van der Waals surface area (Å²) in [6, 6.07) is 0. The maximum Gasteiger partial charge on any atom is 0.472 e. The van der Waals surface area contributed by atoms with E-state index < -0.39 is 26.5 Å². The predicted molar refractivity (Wildman–Crippen MR) is 201 cm³/mol. The quantitative estimate of drug-likeness (QED) is 0.0277. The first-order valence-corrected chi connectivity index (χ1v) is 21.7. The second-order valence-corrected chi connectivity index (χ2v) is 15.0. The van der Waals surface area contributed by atoms with Crippen LogP contribution in [0, 0.1) is 0 Å². The van der Waals surface area contributed by atoms with Gasteiger partial charge in [0.2, 0.25) is 0 Å². The molecule has 0 bridgehead atoms. The Labute approximate surface area is 300 Å². The summed E-state index contributed by atoms with van der Waals surface area (Å²) < 4.78 is 32.7. The van der Waals surface area contributed by atoms with Crippen molar-refractivity contribution in [3.8, 4) is 0 Å².